The van der Waals surface area contributed by atoms with Gasteiger partial charge in [0.15, 0.2) is 0 Å². The van der Waals surface area contributed by atoms with Crippen LogP contribution in [0.25, 0.3) is 0 Å². The fourth-order valence-corrected chi connectivity index (χ4v) is 2.76. The van der Waals surface area contributed by atoms with Gasteiger partial charge in [0.05, 0.1) is 12.3 Å². The van der Waals surface area contributed by atoms with E-state index >= 15 is 0 Å². The summed E-state index contributed by atoms with van der Waals surface area (Å²) in [4.78, 5) is 26.2. The molecule has 0 saturated carbocycles. The highest BCUT2D eigenvalue weighted by molar-refractivity contribution is 5.95. The van der Waals surface area contributed by atoms with Crippen LogP contribution in [0.2, 0.25) is 0 Å². The van der Waals surface area contributed by atoms with Crippen molar-refractivity contribution in [1.29, 1.82) is 0 Å². The van der Waals surface area contributed by atoms with E-state index in [1.807, 2.05) is 27.7 Å². The molecule has 2 amide bonds. The van der Waals surface area contributed by atoms with Gasteiger partial charge in [-0.3, -0.25) is 4.79 Å². The van der Waals surface area contributed by atoms with Crippen LogP contribution in [-0.4, -0.2) is 48.2 Å². The van der Waals surface area contributed by atoms with Gasteiger partial charge in [-0.1, -0.05) is 0 Å². The summed E-state index contributed by atoms with van der Waals surface area (Å²) < 4.78 is 10.8. The van der Waals surface area contributed by atoms with E-state index in [1.165, 1.54) is 0 Å². The molecule has 7 heteroatoms. The van der Waals surface area contributed by atoms with Crippen molar-refractivity contribution in [2.45, 2.75) is 52.2 Å². The zero-order valence-corrected chi connectivity index (χ0v) is 16.0. The van der Waals surface area contributed by atoms with E-state index in [-0.39, 0.29) is 18.0 Å². The fraction of sp³-hybridized carbons (Fsp3) is 0.579. The molecule has 1 saturated heterocycles. The summed E-state index contributed by atoms with van der Waals surface area (Å²) in [5.41, 5.74) is 6.36. The molecule has 2 rings (SSSR count). The average molecular weight is 363 g/mol. The quantitative estimate of drug-likeness (QED) is 0.802. The molecule has 0 aromatic heterocycles. The van der Waals surface area contributed by atoms with E-state index in [0.717, 1.165) is 0 Å². The van der Waals surface area contributed by atoms with Crippen molar-refractivity contribution in [2.75, 3.05) is 25.4 Å². The first-order valence-corrected chi connectivity index (χ1v) is 9.00. The maximum Gasteiger partial charge on any atom is 0.410 e. The lowest BCUT2D eigenvalue weighted by atomic mass is 10.0. The average Bonchev–Trinajstić information content (AvgIpc) is 2.56. The molecule has 0 unspecified atom stereocenters. The minimum absolute atomic E-state index is 0.0225. The van der Waals surface area contributed by atoms with Gasteiger partial charge < -0.3 is 25.4 Å². The van der Waals surface area contributed by atoms with Gasteiger partial charge >= 0.3 is 6.09 Å². The number of benzene rings is 1. The monoisotopic (exact) mass is 363 g/mol. The minimum Gasteiger partial charge on any atom is -0.492 e. The molecule has 1 heterocycles. The number of nitrogens with one attached hydrogen (secondary N) is 1. The third kappa shape index (κ3) is 5.54. The molecule has 1 aromatic rings. The number of carbonyl (C=O) groups excluding carboxylic acids is 2. The van der Waals surface area contributed by atoms with E-state index in [0.29, 0.717) is 49.5 Å². The Morgan fingerprint density at radius 3 is 2.50 bits per heavy atom. The molecule has 26 heavy (non-hydrogen) atoms. The highest BCUT2D eigenvalue weighted by Gasteiger charge is 2.27. The predicted molar refractivity (Wildman–Crippen MR) is 100 cm³/mol. The van der Waals surface area contributed by atoms with Crippen molar-refractivity contribution in [3.8, 4) is 5.75 Å². The fourth-order valence-electron chi connectivity index (χ4n) is 2.76. The van der Waals surface area contributed by atoms with Crippen LogP contribution in [0.1, 0.15) is 50.9 Å². The molecule has 0 atom stereocenters. The first kappa shape index (κ1) is 19.9. The summed E-state index contributed by atoms with van der Waals surface area (Å²) in [5.74, 6) is 0.349. The van der Waals surface area contributed by atoms with Crippen LogP contribution in [0, 0.1) is 0 Å². The van der Waals surface area contributed by atoms with E-state index in [4.69, 9.17) is 15.2 Å². The van der Waals surface area contributed by atoms with Gasteiger partial charge in [0.2, 0.25) is 0 Å². The minimum atomic E-state index is -0.504. The van der Waals surface area contributed by atoms with Crippen molar-refractivity contribution in [1.82, 2.24) is 10.2 Å². The summed E-state index contributed by atoms with van der Waals surface area (Å²) in [6, 6.07) is 5.03. The van der Waals surface area contributed by atoms with Crippen LogP contribution < -0.4 is 15.8 Å². The predicted octanol–water partition coefficient (Wildman–Crippen LogP) is 2.80. The molecule has 144 valence electrons. The number of anilines is 1. The van der Waals surface area contributed by atoms with Crippen molar-refractivity contribution < 1.29 is 19.1 Å². The van der Waals surface area contributed by atoms with Crippen LogP contribution >= 0.6 is 0 Å². The second kappa shape index (κ2) is 8.29. The van der Waals surface area contributed by atoms with Gasteiger partial charge in [0.1, 0.15) is 11.4 Å². The summed E-state index contributed by atoms with van der Waals surface area (Å²) in [6.07, 6.45) is 1.08. The molecule has 1 aromatic carbocycles. The molecule has 1 fully saturated rings. The Morgan fingerprint density at radius 1 is 1.27 bits per heavy atom. The molecule has 0 radical (unpaired) electrons. The van der Waals surface area contributed by atoms with Crippen LogP contribution in [-0.2, 0) is 4.74 Å². The number of hydrogen-bond donors (Lipinski definition) is 2. The number of ether oxygens (including phenoxy) is 2. The second-order valence-electron chi connectivity index (χ2n) is 7.40. The summed E-state index contributed by atoms with van der Waals surface area (Å²) >= 11 is 0. The third-order valence-corrected chi connectivity index (χ3v) is 4.06. The lowest BCUT2D eigenvalue weighted by Gasteiger charge is -2.33. The standard InChI is InChI=1S/C19H29N3O4/c1-5-25-16-12-13(6-7-15(16)20)17(23)21-14-8-10-22(11-9-14)18(24)26-19(2,3)4/h6-7,12,14H,5,8-11,20H2,1-4H3,(H,21,23). The van der Waals surface area contributed by atoms with Crippen LogP contribution in [0.4, 0.5) is 10.5 Å². The van der Waals surface area contributed by atoms with Crippen LogP contribution in [0.15, 0.2) is 18.2 Å². The number of nitrogen functional groups attached to an aromatic ring is 1. The van der Waals surface area contributed by atoms with Crippen molar-refractivity contribution in [3.63, 3.8) is 0 Å². The van der Waals surface area contributed by atoms with Crippen LogP contribution in [0.3, 0.4) is 0 Å². The summed E-state index contributed by atoms with van der Waals surface area (Å²) in [7, 11) is 0. The maximum absolute atomic E-state index is 12.5. The smallest absolute Gasteiger partial charge is 0.410 e. The first-order chi connectivity index (χ1) is 12.2. The van der Waals surface area contributed by atoms with E-state index in [2.05, 4.69) is 5.32 Å². The molecule has 0 spiro atoms. The Labute approximate surface area is 154 Å². The number of likely N-dealkylation sites (tertiary alicyclic amines) is 1. The highest BCUT2D eigenvalue weighted by Crippen LogP contribution is 2.23. The number of nitrogens with two attached hydrogens (primary N) is 1. The molecule has 0 aliphatic carbocycles. The Balaban J connectivity index is 1.88. The normalized spacial score (nSPS) is 15.5. The molecule has 7 nitrogen and oxygen atoms in total. The van der Waals surface area contributed by atoms with Crippen molar-refractivity contribution in [3.05, 3.63) is 23.8 Å². The number of carbonyl (C=O) groups is 2. The summed E-state index contributed by atoms with van der Waals surface area (Å²) in [6.45, 7) is 9.02. The molecular weight excluding hydrogens is 334 g/mol. The van der Waals surface area contributed by atoms with Crippen molar-refractivity contribution in [2.24, 2.45) is 0 Å². The number of piperidine rings is 1. The zero-order valence-electron chi connectivity index (χ0n) is 16.0. The van der Waals surface area contributed by atoms with Gasteiger partial charge in [-0.25, -0.2) is 4.79 Å². The topological polar surface area (TPSA) is 93.9 Å². The van der Waals surface area contributed by atoms with E-state index in [1.54, 1.807) is 23.1 Å². The SMILES string of the molecule is CCOc1cc(C(=O)NC2CCN(C(=O)OC(C)(C)C)CC2)ccc1N. The number of hydrogen-bond acceptors (Lipinski definition) is 5. The first-order valence-electron chi connectivity index (χ1n) is 9.00. The van der Waals surface area contributed by atoms with Crippen molar-refractivity contribution >= 4 is 17.7 Å². The molecule has 3 N–H and O–H groups in total. The summed E-state index contributed by atoms with van der Waals surface area (Å²) in [5, 5.41) is 3.02. The van der Waals surface area contributed by atoms with Gasteiger partial charge in [-0.15, -0.1) is 0 Å². The lowest BCUT2D eigenvalue weighted by Crippen LogP contribution is -2.47. The lowest BCUT2D eigenvalue weighted by molar-refractivity contribution is 0.0199. The zero-order chi connectivity index (χ0) is 19.3. The van der Waals surface area contributed by atoms with Gasteiger partial charge in [-0.05, 0) is 58.7 Å². The van der Waals surface area contributed by atoms with E-state index in [9.17, 15) is 9.59 Å². The highest BCUT2D eigenvalue weighted by atomic mass is 16.6. The Morgan fingerprint density at radius 2 is 1.92 bits per heavy atom. The molecule has 0 bridgehead atoms. The van der Waals surface area contributed by atoms with E-state index < -0.39 is 5.60 Å². The van der Waals surface area contributed by atoms with Crippen LogP contribution in [0.5, 0.6) is 5.75 Å². The molecular formula is C19H29N3O4. The largest absolute Gasteiger partial charge is 0.492 e. The Hall–Kier alpha value is -2.44. The maximum atomic E-state index is 12.5. The van der Waals surface area contributed by atoms with Gasteiger partial charge in [0.25, 0.3) is 5.91 Å². The van der Waals surface area contributed by atoms with Gasteiger partial charge in [0, 0.05) is 24.7 Å². The molecule has 1 aliphatic rings. The molecule has 1 aliphatic heterocycles. The number of rotatable bonds is 4. The number of amides is 2. The third-order valence-electron chi connectivity index (χ3n) is 4.06. The van der Waals surface area contributed by atoms with Gasteiger partial charge in [-0.2, -0.15) is 0 Å². The number of nitrogens with zero attached hydrogens (tertiary/aromatic N) is 1. The Bertz CT molecular complexity index is 647. The Kier molecular flexibility index (Phi) is 6.34. The second-order valence-corrected chi connectivity index (χ2v) is 7.40.